The summed E-state index contributed by atoms with van der Waals surface area (Å²) in [7, 11) is 7.83. The minimum atomic E-state index is 0.0332. The van der Waals surface area contributed by atoms with Crippen LogP contribution in [0.25, 0.3) is 0 Å². The van der Waals surface area contributed by atoms with E-state index in [1.54, 1.807) is 19.0 Å². The van der Waals surface area contributed by atoms with Gasteiger partial charge in [0.2, 0.25) is 0 Å². The monoisotopic (exact) mass is 403 g/mol. The van der Waals surface area contributed by atoms with Crippen molar-refractivity contribution in [1.82, 2.24) is 20.4 Å². The summed E-state index contributed by atoms with van der Waals surface area (Å²) < 4.78 is 0. The van der Waals surface area contributed by atoms with Gasteiger partial charge >= 0.3 is 0 Å². The van der Waals surface area contributed by atoms with E-state index in [4.69, 9.17) is 4.99 Å². The zero-order valence-electron chi connectivity index (χ0n) is 19.5. The zero-order valence-corrected chi connectivity index (χ0v) is 19.5. The van der Waals surface area contributed by atoms with Crippen molar-refractivity contribution in [2.24, 2.45) is 10.9 Å². The molecule has 0 radical (unpaired) electrons. The molecule has 164 valence electrons. The zero-order chi connectivity index (χ0) is 21.8. The Balaban J connectivity index is 2.71. The number of hydrogen-bond acceptors (Lipinski definition) is 3. The van der Waals surface area contributed by atoms with Crippen LogP contribution in [0.2, 0.25) is 0 Å². The number of rotatable bonds is 11. The van der Waals surface area contributed by atoms with Gasteiger partial charge in [-0.15, -0.1) is 0 Å². The molecule has 0 saturated heterocycles. The molecule has 0 heterocycles. The maximum absolute atomic E-state index is 12.1. The van der Waals surface area contributed by atoms with Crippen LogP contribution in [0.1, 0.15) is 49.5 Å². The maximum Gasteiger partial charge on any atom is 0.253 e. The quantitative estimate of drug-likeness (QED) is 0.441. The van der Waals surface area contributed by atoms with Crippen molar-refractivity contribution < 1.29 is 4.79 Å². The van der Waals surface area contributed by atoms with Crippen LogP contribution < -0.4 is 10.6 Å². The van der Waals surface area contributed by atoms with Crippen molar-refractivity contribution in [3.63, 3.8) is 0 Å². The first kappa shape index (κ1) is 25.0. The molecule has 1 atom stereocenters. The number of nitrogens with one attached hydrogen (secondary N) is 2. The van der Waals surface area contributed by atoms with Crippen LogP contribution in [0, 0.1) is 5.92 Å². The Labute approximate surface area is 177 Å². The number of benzene rings is 1. The predicted molar refractivity (Wildman–Crippen MR) is 124 cm³/mol. The summed E-state index contributed by atoms with van der Waals surface area (Å²) in [6, 6.07) is 8.29. The van der Waals surface area contributed by atoms with Crippen molar-refractivity contribution in [3.8, 4) is 0 Å². The van der Waals surface area contributed by atoms with Crippen LogP contribution in [-0.2, 0) is 6.42 Å². The number of hydrogen-bond donors (Lipinski definition) is 2. The molecule has 0 aromatic heterocycles. The topological polar surface area (TPSA) is 60.0 Å². The first-order chi connectivity index (χ1) is 13.8. The average Bonchev–Trinajstić information content (AvgIpc) is 2.70. The molecule has 0 bridgehead atoms. The van der Waals surface area contributed by atoms with Crippen molar-refractivity contribution in [2.75, 3.05) is 47.8 Å². The van der Waals surface area contributed by atoms with Gasteiger partial charge < -0.3 is 20.4 Å². The molecule has 1 aromatic carbocycles. The lowest BCUT2D eigenvalue weighted by Crippen LogP contribution is -2.42. The lowest BCUT2D eigenvalue weighted by Gasteiger charge is -2.30. The summed E-state index contributed by atoms with van der Waals surface area (Å²) >= 11 is 0. The Hall–Kier alpha value is -2.08. The van der Waals surface area contributed by atoms with E-state index >= 15 is 0 Å². The van der Waals surface area contributed by atoms with Gasteiger partial charge in [0.25, 0.3) is 5.91 Å². The molecule has 2 N–H and O–H groups in total. The van der Waals surface area contributed by atoms with Crippen LogP contribution in [0.3, 0.4) is 0 Å². The molecule has 0 aliphatic heterocycles. The molecule has 0 spiro atoms. The van der Waals surface area contributed by atoms with Gasteiger partial charge in [-0.3, -0.25) is 9.79 Å². The molecule has 0 fully saturated rings. The molecule has 0 aliphatic rings. The molecule has 0 saturated carbocycles. The molecule has 0 aliphatic carbocycles. The van der Waals surface area contributed by atoms with Crippen LogP contribution in [0.5, 0.6) is 0 Å². The fraction of sp³-hybridized carbons (Fsp3) is 0.652. The Morgan fingerprint density at radius 3 is 2.31 bits per heavy atom. The first-order valence-electron chi connectivity index (χ1n) is 10.8. The summed E-state index contributed by atoms with van der Waals surface area (Å²) in [5, 5.41) is 6.78. The molecule has 6 nitrogen and oxygen atoms in total. The van der Waals surface area contributed by atoms with Crippen LogP contribution in [-0.4, -0.2) is 75.5 Å². The Bertz CT molecular complexity index is 638. The molecule has 6 heteroatoms. The summed E-state index contributed by atoms with van der Waals surface area (Å²) in [5.41, 5.74) is 1.87. The number of aliphatic imine (C=N–C) groups is 1. The van der Waals surface area contributed by atoms with Gasteiger partial charge in [0.1, 0.15) is 0 Å². The van der Waals surface area contributed by atoms with E-state index in [1.165, 1.54) is 12.8 Å². The summed E-state index contributed by atoms with van der Waals surface area (Å²) in [5.74, 6) is 1.53. The second kappa shape index (κ2) is 13.2. The molecule has 1 unspecified atom stereocenters. The van der Waals surface area contributed by atoms with E-state index in [0.717, 1.165) is 43.1 Å². The SMILES string of the molecule is CCNC(=NCC(C(CC)CC)N(C)C)NCCc1cccc(C(=O)N(C)C)c1. The van der Waals surface area contributed by atoms with E-state index in [0.29, 0.717) is 12.0 Å². The number of carbonyl (C=O) groups is 1. The van der Waals surface area contributed by atoms with Crippen molar-refractivity contribution in [2.45, 2.75) is 46.1 Å². The summed E-state index contributed by atoms with van der Waals surface area (Å²) in [6.45, 7) is 8.97. The highest BCUT2D eigenvalue weighted by Gasteiger charge is 2.20. The van der Waals surface area contributed by atoms with Crippen LogP contribution >= 0.6 is 0 Å². The Morgan fingerprint density at radius 2 is 1.76 bits per heavy atom. The Kier molecular flexibility index (Phi) is 11.4. The third-order valence-corrected chi connectivity index (χ3v) is 5.32. The van der Waals surface area contributed by atoms with Crippen molar-refractivity contribution in [3.05, 3.63) is 35.4 Å². The van der Waals surface area contributed by atoms with E-state index < -0.39 is 0 Å². The normalized spacial score (nSPS) is 12.9. The van der Waals surface area contributed by atoms with E-state index in [9.17, 15) is 4.79 Å². The second-order valence-corrected chi connectivity index (χ2v) is 7.90. The van der Waals surface area contributed by atoms with Gasteiger partial charge in [0, 0.05) is 38.8 Å². The molecule has 29 heavy (non-hydrogen) atoms. The molecule has 1 aromatic rings. The minimum Gasteiger partial charge on any atom is -0.357 e. The first-order valence-corrected chi connectivity index (χ1v) is 10.8. The van der Waals surface area contributed by atoms with Gasteiger partial charge in [-0.05, 0) is 51.1 Å². The lowest BCUT2D eigenvalue weighted by atomic mass is 9.93. The maximum atomic E-state index is 12.1. The summed E-state index contributed by atoms with van der Waals surface area (Å²) in [6.07, 6.45) is 3.17. The van der Waals surface area contributed by atoms with E-state index in [-0.39, 0.29) is 5.91 Å². The van der Waals surface area contributed by atoms with Gasteiger partial charge in [0.05, 0.1) is 6.54 Å². The van der Waals surface area contributed by atoms with Crippen LogP contribution in [0.4, 0.5) is 0 Å². The average molecular weight is 404 g/mol. The highest BCUT2D eigenvalue weighted by molar-refractivity contribution is 5.94. The van der Waals surface area contributed by atoms with Gasteiger partial charge in [-0.1, -0.05) is 38.8 Å². The third-order valence-electron chi connectivity index (χ3n) is 5.32. The standard InChI is InChI=1S/C23H41N5O/c1-8-19(9-2)21(27(4)5)17-26-23(24-10-3)25-15-14-18-12-11-13-20(16-18)22(29)28(6)7/h11-13,16,19,21H,8-10,14-15,17H2,1-7H3,(H2,24,25,26). The fourth-order valence-corrected chi connectivity index (χ4v) is 3.54. The van der Waals surface area contributed by atoms with Gasteiger partial charge in [-0.25, -0.2) is 0 Å². The molecule has 1 amide bonds. The largest absolute Gasteiger partial charge is 0.357 e. The van der Waals surface area contributed by atoms with Crippen molar-refractivity contribution >= 4 is 11.9 Å². The number of carbonyl (C=O) groups excluding carboxylic acids is 1. The van der Waals surface area contributed by atoms with Gasteiger partial charge in [0.15, 0.2) is 5.96 Å². The van der Waals surface area contributed by atoms with Crippen LogP contribution in [0.15, 0.2) is 29.3 Å². The number of amides is 1. The molecular weight excluding hydrogens is 362 g/mol. The summed E-state index contributed by atoms with van der Waals surface area (Å²) in [4.78, 5) is 20.9. The third kappa shape index (κ3) is 8.44. The van der Waals surface area contributed by atoms with Crippen molar-refractivity contribution in [1.29, 1.82) is 0 Å². The van der Waals surface area contributed by atoms with E-state index in [2.05, 4.69) is 56.5 Å². The second-order valence-electron chi connectivity index (χ2n) is 7.90. The molecular formula is C23H41N5O. The smallest absolute Gasteiger partial charge is 0.253 e. The predicted octanol–water partition coefficient (Wildman–Crippen LogP) is 2.85. The minimum absolute atomic E-state index is 0.0332. The Morgan fingerprint density at radius 1 is 1.07 bits per heavy atom. The molecule has 1 rings (SSSR count). The van der Waals surface area contributed by atoms with E-state index in [1.807, 2.05) is 18.2 Å². The highest BCUT2D eigenvalue weighted by Crippen LogP contribution is 2.17. The fourth-order valence-electron chi connectivity index (χ4n) is 3.54. The number of nitrogens with zero attached hydrogens (tertiary/aromatic N) is 3. The lowest BCUT2D eigenvalue weighted by molar-refractivity contribution is 0.0827. The number of likely N-dealkylation sites (N-methyl/N-ethyl adjacent to an activating group) is 1. The number of guanidine groups is 1. The highest BCUT2D eigenvalue weighted by atomic mass is 16.2. The van der Waals surface area contributed by atoms with Gasteiger partial charge in [-0.2, -0.15) is 0 Å².